The first kappa shape index (κ1) is 8.31. The molecule has 0 atom stereocenters. The van der Waals surface area contributed by atoms with E-state index in [4.69, 9.17) is 0 Å². The second-order valence-corrected chi connectivity index (χ2v) is 3.06. The number of halogens is 2. The third-order valence-electron chi connectivity index (χ3n) is 1.46. The summed E-state index contributed by atoms with van der Waals surface area (Å²) < 4.78 is 14.4. The van der Waals surface area contributed by atoms with E-state index in [0.29, 0.717) is 5.69 Å². The maximum absolute atomic E-state index is 12.9. The van der Waals surface area contributed by atoms with Crippen molar-refractivity contribution >= 4 is 15.9 Å². The Hall–Kier alpha value is -1.30. The lowest BCUT2D eigenvalue weighted by molar-refractivity contribution is 0.621. The Morgan fingerprint density at radius 3 is 2.77 bits per heavy atom. The van der Waals surface area contributed by atoms with Crippen LogP contribution in [-0.4, -0.2) is 20.0 Å². The molecule has 0 radical (unpaired) electrons. The fraction of sp³-hybridized carbons (Fsp3) is 0. The Bertz CT molecular complexity index is 394. The van der Waals surface area contributed by atoms with E-state index in [9.17, 15) is 4.39 Å². The van der Waals surface area contributed by atoms with E-state index < -0.39 is 5.82 Å². The zero-order valence-electron chi connectivity index (χ0n) is 6.35. The van der Waals surface area contributed by atoms with E-state index in [2.05, 4.69) is 31.2 Å². The molecule has 0 aliphatic rings. The molecule has 0 fully saturated rings. The summed E-state index contributed by atoms with van der Waals surface area (Å²) in [5, 5.41) is 11.1. The molecular formula is C7H4BrFN4. The van der Waals surface area contributed by atoms with Crippen molar-refractivity contribution in [1.29, 1.82) is 0 Å². The quantitative estimate of drug-likeness (QED) is 0.763. The zero-order valence-corrected chi connectivity index (χ0v) is 7.94. The summed E-state index contributed by atoms with van der Waals surface area (Å²) in [7, 11) is 0. The van der Waals surface area contributed by atoms with Crippen LogP contribution >= 0.6 is 15.9 Å². The molecule has 0 aromatic carbocycles. The molecule has 0 aliphatic heterocycles. The molecule has 0 aliphatic carbocycles. The fourth-order valence-corrected chi connectivity index (χ4v) is 1.16. The van der Waals surface area contributed by atoms with Crippen LogP contribution in [0.15, 0.2) is 29.3 Å². The van der Waals surface area contributed by atoms with Gasteiger partial charge in [-0.3, -0.25) is 0 Å². The van der Waals surface area contributed by atoms with Gasteiger partial charge in [0.25, 0.3) is 0 Å². The van der Waals surface area contributed by atoms with Crippen LogP contribution in [-0.2, 0) is 0 Å². The largest absolute Gasteiger partial charge is 0.235 e. The lowest BCUT2D eigenvalue weighted by Crippen LogP contribution is -1.95. The number of hydrogen-bond donors (Lipinski definition) is 0. The topological polar surface area (TPSA) is 43.6 Å². The van der Waals surface area contributed by atoms with Gasteiger partial charge in [0.15, 0.2) is 10.4 Å². The first-order valence-corrected chi connectivity index (χ1v) is 4.24. The van der Waals surface area contributed by atoms with E-state index in [1.807, 2.05) is 0 Å². The number of hydrogen-bond acceptors (Lipinski definition) is 3. The molecule has 4 nitrogen and oxygen atoms in total. The normalized spacial score (nSPS) is 10.3. The van der Waals surface area contributed by atoms with Gasteiger partial charge in [-0.05, 0) is 22.0 Å². The van der Waals surface area contributed by atoms with Crippen LogP contribution in [0.2, 0.25) is 0 Å². The van der Waals surface area contributed by atoms with Crippen LogP contribution in [0.5, 0.6) is 0 Å². The molecule has 0 unspecified atom stereocenters. The Kier molecular flexibility index (Phi) is 2.05. The molecule has 13 heavy (non-hydrogen) atoms. The maximum Gasteiger partial charge on any atom is 0.176 e. The van der Waals surface area contributed by atoms with Crippen molar-refractivity contribution in [3.63, 3.8) is 0 Å². The van der Waals surface area contributed by atoms with Gasteiger partial charge in [0.2, 0.25) is 0 Å². The minimum Gasteiger partial charge on any atom is -0.235 e. The van der Waals surface area contributed by atoms with Crippen LogP contribution in [0, 0.1) is 5.82 Å². The minimum atomic E-state index is -0.406. The van der Waals surface area contributed by atoms with Crippen LogP contribution < -0.4 is 0 Å². The fourth-order valence-electron chi connectivity index (χ4n) is 0.883. The molecule has 2 rings (SSSR count). The first-order valence-electron chi connectivity index (χ1n) is 3.45. The van der Waals surface area contributed by atoms with Crippen molar-refractivity contribution in [1.82, 2.24) is 20.0 Å². The highest BCUT2D eigenvalue weighted by molar-refractivity contribution is 9.10. The third-order valence-corrected chi connectivity index (χ3v) is 2.00. The summed E-state index contributed by atoms with van der Waals surface area (Å²) in [5.41, 5.74) is 0.666. The average Bonchev–Trinajstić information content (AvgIpc) is 2.49. The summed E-state index contributed by atoms with van der Waals surface area (Å²) in [6.07, 6.45) is 4.28. The van der Waals surface area contributed by atoms with Gasteiger partial charge in [-0.25, -0.2) is 9.07 Å². The molecule has 0 saturated carbocycles. The Morgan fingerprint density at radius 2 is 2.23 bits per heavy atom. The van der Waals surface area contributed by atoms with Gasteiger partial charge in [-0.1, -0.05) is 0 Å². The highest BCUT2D eigenvalue weighted by Gasteiger charge is 2.05. The van der Waals surface area contributed by atoms with E-state index in [1.54, 1.807) is 6.07 Å². The summed E-state index contributed by atoms with van der Waals surface area (Å²) in [6, 6.07) is 1.69. The van der Waals surface area contributed by atoms with E-state index >= 15 is 0 Å². The van der Waals surface area contributed by atoms with Crippen molar-refractivity contribution in [2.24, 2.45) is 0 Å². The van der Waals surface area contributed by atoms with Crippen LogP contribution in [0.3, 0.4) is 0 Å². The van der Waals surface area contributed by atoms with Gasteiger partial charge in [0.05, 0.1) is 24.3 Å². The van der Waals surface area contributed by atoms with E-state index in [0.717, 1.165) is 0 Å². The molecule has 0 amide bonds. The predicted molar refractivity (Wildman–Crippen MR) is 46.8 cm³/mol. The van der Waals surface area contributed by atoms with Gasteiger partial charge in [-0.2, -0.15) is 15.3 Å². The second kappa shape index (κ2) is 3.21. The van der Waals surface area contributed by atoms with Crippen molar-refractivity contribution in [3.05, 3.63) is 35.1 Å². The van der Waals surface area contributed by atoms with Gasteiger partial charge >= 0.3 is 0 Å². The SMILES string of the molecule is Fc1cn(-c2ccnnc2)nc1Br. The molecule has 2 aromatic heterocycles. The Balaban J connectivity index is 2.48. The molecule has 6 heteroatoms. The van der Waals surface area contributed by atoms with E-state index in [-0.39, 0.29) is 4.60 Å². The standard InChI is InChI=1S/C7H4BrFN4/c8-7-6(9)4-13(12-7)5-1-2-10-11-3-5/h1-4H. The molecule has 0 bridgehead atoms. The average molecular weight is 243 g/mol. The van der Waals surface area contributed by atoms with Crippen molar-refractivity contribution < 1.29 is 4.39 Å². The van der Waals surface area contributed by atoms with Crippen LogP contribution in [0.25, 0.3) is 5.69 Å². The molecule has 0 saturated heterocycles. The molecule has 2 aromatic rings. The number of aromatic nitrogens is 4. The van der Waals surface area contributed by atoms with Gasteiger partial charge < -0.3 is 0 Å². The number of nitrogens with zero attached hydrogens (tertiary/aromatic N) is 4. The smallest absolute Gasteiger partial charge is 0.176 e. The van der Waals surface area contributed by atoms with Gasteiger partial charge in [-0.15, -0.1) is 0 Å². The second-order valence-electron chi connectivity index (χ2n) is 2.31. The molecular weight excluding hydrogens is 239 g/mol. The minimum absolute atomic E-state index is 0.185. The van der Waals surface area contributed by atoms with Crippen molar-refractivity contribution in [3.8, 4) is 5.69 Å². The van der Waals surface area contributed by atoms with Gasteiger partial charge in [0, 0.05) is 0 Å². The highest BCUT2D eigenvalue weighted by Crippen LogP contribution is 2.14. The number of rotatable bonds is 1. The van der Waals surface area contributed by atoms with Crippen molar-refractivity contribution in [2.45, 2.75) is 0 Å². The van der Waals surface area contributed by atoms with E-state index in [1.165, 1.54) is 23.3 Å². The summed E-state index contributed by atoms with van der Waals surface area (Å²) in [6.45, 7) is 0. The predicted octanol–water partition coefficient (Wildman–Crippen LogP) is 1.56. The monoisotopic (exact) mass is 242 g/mol. The van der Waals surface area contributed by atoms with Crippen LogP contribution in [0.1, 0.15) is 0 Å². The molecule has 0 N–H and O–H groups in total. The van der Waals surface area contributed by atoms with Crippen LogP contribution in [0.4, 0.5) is 4.39 Å². The van der Waals surface area contributed by atoms with Crippen molar-refractivity contribution in [2.75, 3.05) is 0 Å². The maximum atomic E-state index is 12.9. The molecule has 66 valence electrons. The Labute approximate surface area is 81.5 Å². The molecule has 0 spiro atoms. The summed E-state index contributed by atoms with van der Waals surface area (Å²) in [5.74, 6) is -0.406. The first-order chi connectivity index (χ1) is 6.27. The summed E-state index contributed by atoms with van der Waals surface area (Å²) in [4.78, 5) is 0. The highest BCUT2D eigenvalue weighted by atomic mass is 79.9. The zero-order chi connectivity index (χ0) is 9.26. The third kappa shape index (κ3) is 1.57. The lowest BCUT2D eigenvalue weighted by Gasteiger charge is -1.96. The summed E-state index contributed by atoms with van der Waals surface area (Å²) >= 11 is 2.97. The lowest BCUT2D eigenvalue weighted by atomic mass is 10.5. The molecule has 2 heterocycles. The van der Waals surface area contributed by atoms with Gasteiger partial charge in [0.1, 0.15) is 0 Å². The Morgan fingerprint density at radius 1 is 1.38 bits per heavy atom.